The number of nitrogens with zero attached hydrogens (tertiary/aromatic N) is 3. The van der Waals surface area contributed by atoms with Crippen LogP contribution in [0, 0.1) is 24.7 Å². The van der Waals surface area contributed by atoms with Gasteiger partial charge in [0.25, 0.3) is 10.2 Å². The van der Waals surface area contributed by atoms with Crippen LogP contribution in [0.15, 0.2) is 60.7 Å². The van der Waals surface area contributed by atoms with Crippen molar-refractivity contribution in [3.63, 3.8) is 0 Å². The van der Waals surface area contributed by atoms with E-state index in [0.717, 1.165) is 4.31 Å². The third-order valence-corrected chi connectivity index (χ3v) is 9.63. The molecule has 3 aromatic rings. The molecule has 1 aliphatic heterocycles. The predicted octanol–water partition coefficient (Wildman–Crippen LogP) is 3.77. The van der Waals surface area contributed by atoms with Gasteiger partial charge in [-0.2, -0.15) is 17.0 Å². The lowest BCUT2D eigenvalue weighted by molar-refractivity contribution is 0.0730. The van der Waals surface area contributed by atoms with Gasteiger partial charge in [0.05, 0.1) is 0 Å². The second-order valence-electron chi connectivity index (χ2n) is 10.4. The summed E-state index contributed by atoms with van der Waals surface area (Å²) in [7, 11) is 0.797. The van der Waals surface area contributed by atoms with Gasteiger partial charge in [-0.25, -0.2) is 4.39 Å². The first-order valence-corrected chi connectivity index (χ1v) is 14.5. The number of aromatic hydroxyl groups is 2. The highest BCUT2D eigenvalue weighted by atomic mass is 32.2. The van der Waals surface area contributed by atoms with Crippen LogP contribution in [0.25, 0.3) is 0 Å². The van der Waals surface area contributed by atoms with Crippen LogP contribution >= 0.6 is 0 Å². The van der Waals surface area contributed by atoms with Crippen LogP contribution in [0.5, 0.6) is 11.5 Å². The molecule has 0 unspecified atom stereocenters. The van der Waals surface area contributed by atoms with E-state index in [-0.39, 0.29) is 36.2 Å². The van der Waals surface area contributed by atoms with Crippen LogP contribution < -0.4 is 0 Å². The molecule has 3 atom stereocenters. The molecule has 40 heavy (non-hydrogen) atoms. The van der Waals surface area contributed by atoms with Crippen LogP contribution in [-0.2, 0) is 10.2 Å². The van der Waals surface area contributed by atoms with E-state index in [1.165, 1.54) is 43.6 Å². The SMILES string of the molecule is Cc1c(F)cccc1[C@H]1[C@@H](C(=O)c2cccc(O)c2)CN(CCN(C)S(=O)(=O)N(C)C)C[C@@H]1c1[c]cccc1O. The predicted molar refractivity (Wildman–Crippen MR) is 151 cm³/mol. The van der Waals surface area contributed by atoms with Gasteiger partial charge in [-0.15, -0.1) is 0 Å². The Morgan fingerprint density at radius 2 is 1.80 bits per heavy atom. The van der Waals surface area contributed by atoms with Crippen LogP contribution in [0.3, 0.4) is 0 Å². The quantitative estimate of drug-likeness (QED) is 0.381. The summed E-state index contributed by atoms with van der Waals surface area (Å²) in [6, 6.07) is 19.0. The van der Waals surface area contributed by atoms with E-state index in [4.69, 9.17) is 0 Å². The van der Waals surface area contributed by atoms with E-state index in [1.807, 2.05) is 11.0 Å². The molecule has 1 heterocycles. The van der Waals surface area contributed by atoms with Gasteiger partial charge in [0.15, 0.2) is 5.78 Å². The highest BCUT2D eigenvalue weighted by molar-refractivity contribution is 7.86. The number of likely N-dealkylation sites (N-methyl/N-ethyl adjacent to an activating group) is 1. The third-order valence-electron chi connectivity index (χ3n) is 7.74. The number of rotatable bonds is 9. The summed E-state index contributed by atoms with van der Waals surface area (Å²) in [5.41, 5.74) is 1.90. The van der Waals surface area contributed by atoms with Crippen molar-refractivity contribution in [1.29, 1.82) is 0 Å². The molecule has 0 saturated carbocycles. The number of Topliss-reactive ketones (excluding diaryl/α,β-unsaturated/α-hetero) is 1. The monoisotopic (exact) mass is 568 g/mol. The van der Waals surface area contributed by atoms with Gasteiger partial charge in [0, 0.05) is 76.2 Å². The second kappa shape index (κ2) is 12.1. The zero-order chi connectivity index (χ0) is 29.2. The Bertz CT molecular complexity index is 1480. The van der Waals surface area contributed by atoms with Crippen molar-refractivity contribution in [3.8, 4) is 11.5 Å². The number of phenolic OH excluding ortho intramolecular Hbond substituents is 2. The molecule has 1 saturated heterocycles. The summed E-state index contributed by atoms with van der Waals surface area (Å²) in [5.74, 6) is -2.32. The third kappa shape index (κ3) is 6.05. The number of hydrogen-bond acceptors (Lipinski definition) is 6. The van der Waals surface area contributed by atoms with Gasteiger partial charge < -0.3 is 15.1 Å². The maximum Gasteiger partial charge on any atom is 0.281 e. The number of phenols is 2. The van der Waals surface area contributed by atoms with E-state index in [9.17, 15) is 27.8 Å². The first-order chi connectivity index (χ1) is 18.9. The molecule has 3 aromatic carbocycles. The molecule has 0 amide bonds. The fourth-order valence-electron chi connectivity index (χ4n) is 5.54. The van der Waals surface area contributed by atoms with Crippen molar-refractivity contribution < 1.29 is 27.8 Å². The van der Waals surface area contributed by atoms with E-state index >= 15 is 0 Å². The average Bonchev–Trinajstić information content (AvgIpc) is 2.92. The normalized spacial score (nSPS) is 20.2. The maximum absolute atomic E-state index is 14.9. The van der Waals surface area contributed by atoms with Crippen molar-refractivity contribution in [1.82, 2.24) is 13.5 Å². The Labute approximate surface area is 235 Å². The van der Waals surface area contributed by atoms with Crippen molar-refractivity contribution in [3.05, 3.63) is 94.8 Å². The number of ketones is 1. The molecule has 0 aromatic heterocycles. The van der Waals surface area contributed by atoms with Gasteiger partial charge >= 0.3 is 0 Å². The molecule has 1 radical (unpaired) electrons. The lowest BCUT2D eigenvalue weighted by Crippen LogP contribution is -2.50. The van der Waals surface area contributed by atoms with Crippen LogP contribution in [0.4, 0.5) is 4.39 Å². The van der Waals surface area contributed by atoms with Gasteiger partial charge in [-0.3, -0.25) is 4.79 Å². The Kier molecular flexibility index (Phi) is 8.94. The zero-order valence-corrected chi connectivity index (χ0v) is 23.9. The highest BCUT2D eigenvalue weighted by Crippen LogP contribution is 2.47. The van der Waals surface area contributed by atoms with E-state index in [1.54, 1.807) is 43.3 Å². The van der Waals surface area contributed by atoms with Crippen molar-refractivity contribution in [2.45, 2.75) is 18.8 Å². The molecule has 1 aliphatic rings. The molecule has 0 aliphatic carbocycles. The lowest BCUT2D eigenvalue weighted by atomic mass is 9.67. The van der Waals surface area contributed by atoms with E-state index in [0.29, 0.717) is 35.3 Å². The molecule has 0 spiro atoms. The summed E-state index contributed by atoms with van der Waals surface area (Å²) in [6.07, 6.45) is 0. The fraction of sp³-hybridized carbons (Fsp3) is 0.367. The number of carbonyl (C=O) groups is 1. The first-order valence-electron chi connectivity index (χ1n) is 13.1. The van der Waals surface area contributed by atoms with Gasteiger partial charge in [-0.05, 0) is 48.4 Å². The summed E-state index contributed by atoms with van der Waals surface area (Å²) in [4.78, 5) is 16.1. The van der Waals surface area contributed by atoms with Crippen LogP contribution in [-0.4, -0.2) is 85.2 Å². The summed E-state index contributed by atoms with van der Waals surface area (Å²) in [5, 5.41) is 21.0. The summed E-state index contributed by atoms with van der Waals surface area (Å²) in [6.45, 7) is 2.84. The van der Waals surface area contributed by atoms with Crippen LogP contribution in [0.2, 0.25) is 0 Å². The number of benzene rings is 3. The molecule has 2 N–H and O–H groups in total. The minimum atomic E-state index is -3.63. The Hall–Kier alpha value is -3.31. The van der Waals surface area contributed by atoms with Crippen molar-refractivity contribution in [2.24, 2.45) is 5.92 Å². The lowest BCUT2D eigenvalue weighted by Gasteiger charge is -2.44. The molecule has 213 valence electrons. The minimum Gasteiger partial charge on any atom is -0.508 e. The largest absolute Gasteiger partial charge is 0.508 e. The fourth-order valence-corrected chi connectivity index (χ4v) is 6.41. The molecule has 4 rings (SSSR count). The number of likely N-dealkylation sites (tertiary alicyclic amines) is 1. The van der Waals surface area contributed by atoms with Crippen molar-refractivity contribution in [2.75, 3.05) is 47.3 Å². The number of piperidine rings is 1. The molecule has 1 fully saturated rings. The highest BCUT2D eigenvalue weighted by Gasteiger charge is 2.44. The molecule has 0 bridgehead atoms. The number of halogens is 1. The first kappa shape index (κ1) is 29.7. The molecule has 8 nitrogen and oxygen atoms in total. The average molecular weight is 569 g/mol. The zero-order valence-electron chi connectivity index (χ0n) is 23.1. The number of carbonyl (C=O) groups excluding carboxylic acids is 1. The van der Waals surface area contributed by atoms with E-state index in [2.05, 4.69) is 6.07 Å². The van der Waals surface area contributed by atoms with Gasteiger partial charge in [0.1, 0.15) is 17.3 Å². The molecular formula is C30H35FN3O5S. The van der Waals surface area contributed by atoms with Gasteiger partial charge in [-0.1, -0.05) is 36.4 Å². The van der Waals surface area contributed by atoms with Gasteiger partial charge in [0.2, 0.25) is 0 Å². The Morgan fingerprint density at radius 3 is 2.48 bits per heavy atom. The summed E-state index contributed by atoms with van der Waals surface area (Å²) >= 11 is 0. The topological polar surface area (TPSA) is 101 Å². The second-order valence-corrected chi connectivity index (χ2v) is 12.7. The van der Waals surface area contributed by atoms with E-state index < -0.39 is 28.0 Å². The standard InChI is InChI=1S/C30H35FN3O5S/c1-20-23(12-8-13-27(20)31)29-25(24-11-5-6-14-28(24)36)18-34(16-15-33(4)40(38,39)32(2)3)19-26(29)30(37)21-9-7-10-22(35)17-21/h5-10,12-14,17,25-26,29,35-36H,15-16,18-19H2,1-4H3/t25-,26+,29-/m1/s1. The minimum absolute atomic E-state index is 0.0178. The smallest absolute Gasteiger partial charge is 0.281 e. The Morgan fingerprint density at radius 1 is 1.07 bits per heavy atom. The number of hydrogen-bond donors (Lipinski definition) is 2. The van der Waals surface area contributed by atoms with Crippen LogP contribution in [0.1, 0.15) is 38.9 Å². The maximum atomic E-state index is 14.9. The molecule has 10 heteroatoms. The van der Waals surface area contributed by atoms with Crippen molar-refractivity contribution >= 4 is 16.0 Å². The Balaban J connectivity index is 1.81. The molecular weight excluding hydrogens is 533 g/mol. The summed E-state index contributed by atoms with van der Waals surface area (Å²) < 4.78 is 42.5.